The first-order valence-corrected chi connectivity index (χ1v) is 19.8. The van der Waals surface area contributed by atoms with E-state index in [0.717, 1.165) is 38.5 Å². The summed E-state index contributed by atoms with van der Waals surface area (Å²) in [5, 5.41) is 23.0. The van der Waals surface area contributed by atoms with Gasteiger partial charge in [-0.05, 0) is 38.5 Å². The van der Waals surface area contributed by atoms with Gasteiger partial charge in [-0.2, -0.15) is 0 Å². The zero-order valence-corrected chi connectivity index (χ0v) is 30.6. The molecule has 0 aromatic rings. The van der Waals surface area contributed by atoms with E-state index >= 15 is 0 Å². The molecule has 0 fully saturated rings. The van der Waals surface area contributed by atoms with E-state index in [9.17, 15) is 15.0 Å². The van der Waals surface area contributed by atoms with Gasteiger partial charge in [0.05, 0.1) is 18.8 Å². The third-order valence-electron chi connectivity index (χ3n) is 8.87. The monoisotopic (exact) mass is 644 g/mol. The molecule has 0 saturated carbocycles. The molecule has 268 valence electrons. The average Bonchev–Trinajstić information content (AvgIpc) is 3.06. The highest BCUT2D eigenvalue weighted by Gasteiger charge is 2.19. The van der Waals surface area contributed by atoms with Crippen molar-refractivity contribution in [3.8, 4) is 0 Å². The van der Waals surface area contributed by atoms with Crippen molar-refractivity contribution in [1.82, 2.24) is 5.32 Å². The number of amides is 1. The zero-order chi connectivity index (χ0) is 33.6. The molecule has 0 aromatic carbocycles. The molecule has 0 bridgehead atoms. The van der Waals surface area contributed by atoms with E-state index in [1.165, 1.54) is 122 Å². The molecule has 2 unspecified atom stereocenters. The lowest BCUT2D eigenvalue weighted by Crippen LogP contribution is -2.45. The Kier molecular flexibility index (Phi) is 36.4. The summed E-state index contributed by atoms with van der Waals surface area (Å²) in [4.78, 5) is 12.3. The molecule has 0 radical (unpaired) electrons. The molecule has 46 heavy (non-hydrogen) atoms. The van der Waals surface area contributed by atoms with Crippen molar-refractivity contribution in [2.24, 2.45) is 0 Å². The summed E-state index contributed by atoms with van der Waals surface area (Å²) in [5.74, 6) is -0.112. The zero-order valence-electron chi connectivity index (χ0n) is 30.6. The predicted octanol–water partition coefficient (Wildman–Crippen LogP) is 12.0. The topological polar surface area (TPSA) is 69.6 Å². The van der Waals surface area contributed by atoms with E-state index in [2.05, 4.69) is 61.7 Å². The summed E-state index contributed by atoms with van der Waals surface area (Å²) >= 11 is 0. The second-order valence-electron chi connectivity index (χ2n) is 13.3. The number of rotatable bonds is 35. The van der Waals surface area contributed by atoms with E-state index in [1.807, 2.05) is 6.08 Å². The van der Waals surface area contributed by atoms with Crippen LogP contribution in [0.15, 0.2) is 48.6 Å². The van der Waals surface area contributed by atoms with E-state index in [1.54, 1.807) is 0 Å². The number of allylic oxidation sites excluding steroid dienone is 8. The van der Waals surface area contributed by atoms with Gasteiger partial charge in [-0.15, -0.1) is 0 Å². The van der Waals surface area contributed by atoms with Gasteiger partial charge < -0.3 is 15.5 Å². The number of hydrogen-bond acceptors (Lipinski definition) is 3. The second kappa shape index (κ2) is 37.8. The van der Waals surface area contributed by atoms with Crippen LogP contribution in [0.1, 0.15) is 194 Å². The molecule has 4 nitrogen and oxygen atoms in total. The molecule has 4 heteroatoms. The van der Waals surface area contributed by atoms with E-state index in [0.29, 0.717) is 19.3 Å². The molecular formula is C42H77NO3. The lowest BCUT2D eigenvalue weighted by atomic mass is 10.0. The van der Waals surface area contributed by atoms with Gasteiger partial charge in [0, 0.05) is 6.42 Å². The molecule has 0 saturated heterocycles. The first-order valence-electron chi connectivity index (χ1n) is 19.8. The number of carbonyl (C=O) groups is 1. The molecule has 2 atom stereocenters. The molecule has 1 amide bonds. The van der Waals surface area contributed by atoms with Gasteiger partial charge in [0.15, 0.2) is 0 Å². The third kappa shape index (κ3) is 33.7. The number of unbranched alkanes of at least 4 members (excludes halogenated alkanes) is 20. The molecule has 3 N–H and O–H groups in total. The molecule has 0 rings (SSSR count). The Hall–Kier alpha value is -1.65. The van der Waals surface area contributed by atoms with E-state index in [4.69, 9.17) is 0 Å². The van der Waals surface area contributed by atoms with Gasteiger partial charge in [0.2, 0.25) is 5.91 Å². The minimum absolute atomic E-state index is 0.112. The number of nitrogens with one attached hydrogen (secondary N) is 1. The largest absolute Gasteiger partial charge is 0.394 e. The number of hydrogen-bond donors (Lipinski definition) is 3. The molecule has 0 aliphatic carbocycles. The van der Waals surface area contributed by atoms with Crippen LogP contribution in [-0.4, -0.2) is 34.9 Å². The van der Waals surface area contributed by atoms with Crippen molar-refractivity contribution in [2.75, 3.05) is 6.61 Å². The highest BCUT2D eigenvalue weighted by atomic mass is 16.3. The Morgan fingerprint density at radius 1 is 0.543 bits per heavy atom. The summed E-state index contributed by atoms with van der Waals surface area (Å²) in [6, 6.07) is -0.574. The van der Waals surface area contributed by atoms with Crippen molar-refractivity contribution in [3.63, 3.8) is 0 Å². The molecule has 0 aromatic heterocycles. The fourth-order valence-electron chi connectivity index (χ4n) is 5.84. The summed E-state index contributed by atoms with van der Waals surface area (Å²) in [5.41, 5.74) is 0. The van der Waals surface area contributed by atoms with Crippen molar-refractivity contribution in [3.05, 3.63) is 48.6 Å². The van der Waals surface area contributed by atoms with Crippen molar-refractivity contribution >= 4 is 5.91 Å². The van der Waals surface area contributed by atoms with Gasteiger partial charge in [-0.1, -0.05) is 197 Å². The van der Waals surface area contributed by atoms with E-state index < -0.39 is 12.1 Å². The fourth-order valence-corrected chi connectivity index (χ4v) is 5.84. The van der Waals surface area contributed by atoms with Gasteiger partial charge >= 0.3 is 0 Å². The molecule has 0 aliphatic heterocycles. The molecular weight excluding hydrogens is 566 g/mol. The summed E-state index contributed by atoms with van der Waals surface area (Å²) in [6.45, 7) is 4.21. The summed E-state index contributed by atoms with van der Waals surface area (Å²) in [6.07, 6.45) is 50.5. The minimum Gasteiger partial charge on any atom is -0.394 e. The van der Waals surface area contributed by atoms with Crippen LogP contribution in [0.3, 0.4) is 0 Å². The highest BCUT2D eigenvalue weighted by molar-refractivity contribution is 5.76. The number of aliphatic hydroxyl groups excluding tert-OH is 2. The molecule has 0 aliphatic rings. The lowest BCUT2D eigenvalue weighted by Gasteiger charge is -2.22. The Bertz CT molecular complexity index is 741. The minimum atomic E-state index is -0.688. The van der Waals surface area contributed by atoms with Crippen LogP contribution in [0.2, 0.25) is 0 Å². The van der Waals surface area contributed by atoms with Crippen LogP contribution in [0.5, 0.6) is 0 Å². The normalized spacial score (nSPS) is 13.6. The average molecular weight is 644 g/mol. The SMILES string of the molecule is CC/C=C\C/C=C\C/C=C\C/C=C\CCC(=O)NC(CO)C(O)CCCCCCCCCCCCCCCCCCCCCCC. The van der Waals surface area contributed by atoms with Crippen LogP contribution in [0.4, 0.5) is 0 Å². The highest BCUT2D eigenvalue weighted by Crippen LogP contribution is 2.16. The van der Waals surface area contributed by atoms with Crippen LogP contribution < -0.4 is 5.32 Å². The number of carbonyl (C=O) groups excluding carboxylic acids is 1. The first kappa shape index (κ1) is 44.4. The van der Waals surface area contributed by atoms with Gasteiger partial charge in [0.1, 0.15) is 0 Å². The third-order valence-corrected chi connectivity index (χ3v) is 8.87. The van der Waals surface area contributed by atoms with Crippen molar-refractivity contribution in [1.29, 1.82) is 0 Å². The lowest BCUT2D eigenvalue weighted by molar-refractivity contribution is -0.123. The van der Waals surface area contributed by atoms with Gasteiger partial charge in [-0.25, -0.2) is 0 Å². The van der Waals surface area contributed by atoms with Crippen LogP contribution in [0.25, 0.3) is 0 Å². The van der Waals surface area contributed by atoms with Crippen LogP contribution in [0, 0.1) is 0 Å². The first-order chi connectivity index (χ1) is 22.7. The molecule has 0 heterocycles. The van der Waals surface area contributed by atoms with Gasteiger partial charge in [0.25, 0.3) is 0 Å². The maximum absolute atomic E-state index is 12.3. The Morgan fingerprint density at radius 3 is 1.30 bits per heavy atom. The second-order valence-corrected chi connectivity index (χ2v) is 13.3. The van der Waals surface area contributed by atoms with E-state index in [-0.39, 0.29) is 12.5 Å². The van der Waals surface area contributed by atoms with Crippen LogP contribution in [-0.2, 0) is 4.79 Å². The fraction of sp³-hybridized carbons (Fsp3) is 0.786. The Balaban J connectivity index is 3.59. The van der Waals surface area contributed by atoms with Crippen LogP contribution >= 0.6 is 0 Å². The maximum atomic E-state index is 12.3. The molecule has 0 spiro atoms. The van der Waals surface area contributed by atoms with Crippen molar-refractivity contribution < 1.29 is 15.0 Å². The maximum Gasteiger partial charge on any atom is 0.220 e. The Labute approximate surface area is 286 Å². The quantitative estimate of drug-likeness (QED) is 0.0475. The number of aliphatic hydroxyl groups is 2. The van der Waals surface area contributed by atoms with Gasteiger partial charge in [-0.3, -0.25) is 4.79 Å². The summed E-state index contributed by atoms with van der Waals surface area (Å²) < 4.78 is 0. The standard InChI is InChI=1S/C42H77NO3/c1-3-5-7-9-11-13-15-17-18-19-20-21-22-23-24-26-27-29-31-33-35-37-41(45)40(39-44)43-42(46)38-36-34-32-30-28-25-16-14-12-10-8-6-4-2/h6,8,12,14,25,28,32,34,40-41,44-45H,3-5,7,9-11,13,15-24,26-27,29-31,33,35-39H2,1-2H3,(H,43,46)/b8-6-,14-12-,28-25-,34-32-. The predicted molar refractivity (Wildman–Crippen MR) is 202 cm³/mol. The Morgan fingerprint density at radius 2 is 0.913 bits per heavy atom. The summed E-state index contributed by atoms with van der Waals surface area (Å²) in [7, 11) is 0. The smallest absolute Gasteiger partial charge is 0.220 e. The van der Waals surface area contributed by atoms with Crippen molar-refractivity contribution in [2.45, 2.75) is 206 Å².